The molecule has 106 valence electrons. The largest absolute Gasteiger partial charge is 0.380 e. The molecule has 0 aromatic heterocycles. The summed E-state index contributed by atoms with van der Waals surface area (Å²) in [4.78, 5) is 2.49. The van der Waals surface area contributed by atoms with Gasteiger partial charge in [0.05, 0.1) is 6.61 Å². The topological polar surface area (TPSA) is 24.5 Å². The molecule has 1 aliphatic carbocycles. The maximum absolute atomic E-state index is 5.24. The maximum Gasteiger partial charge on any atom is 0.0716 e. The fraction of sp³-hybridized carbons (Fsp3) is 0.625. The minimum absolute atomic E-state index is 0.599. The molecule has 0 spiro atoms. The van der Waals surface area contributed by atoms with Crippen LogP contribution in [0, 0.1) is 0 Å². The number of likely N-dealkylation sites (N-methyl/N-ethyl adjacent to an activating group) is 1. The predicted molar refractivity (Wildman–Crippen MR) is 79.1 cm³/mol. The first-order valence-electron chi connectivity index (χ1n) is 7.20. The molecule has 1 aromatic rings. The van der Waals surface area contributed by atoms with Crippen LogP contribution >= 0.6 is 0 Å². The lowest BCUT2D eigenvalue weighted by Gasteiger charge is -2.25. The number of hydrogen-bond donors (Lipinski definition) is 1. The molecule has 0 amide bonds. The van der Waals surface area contributed by atoms with E-state index in [1.807, 2.05) is 0 Å². The van der Waals surface area contributed by atoms with Crippen molar-refractivity contribution in [2.45, 2.75) is 45.0 Å². The summed E-state index contributed by atoms with van der Waals surface area (Å²) in [6, 6.07) is 9.91. The molecule has 1 N–H and O–H groups in total. The normalized spacial score (nSPS) is 16.8. The Hall–Kier alpha value is -0.900. The lowest BCUT2D eigenvalue weighted by molar-refractivity contribution is 0.184. The van der Waals surface area contributed by atoms with E-state index in [-0.39, 0.29) is 0 Å². The molecule has 2 rings (SSSR count). The molecular formula is C16H26N2O. The summed E-state index contributed by atoms with van der Waals surface area (Å²) in [7, 11) is 3.99. The highest BCUT2D eigenvalue weighted by Crippen LogP contribution is 2.26. The monoisotopic (exact) mass is 262 g/mol. The third-order valence-electron chi connectivity index (χ3n) is 3.99. The average Bonchev–Trinajstić information content (AvgIpc) is 3.24. The summed E-state index contributed by atoms with van der Waals surface area (Å²) in [5.41, 5.74) is 2.62. The highest BCUT2D eigenvalue weighted by molar-refractivity contribution is 5.26. The first-order chi connectivity index (χ1) is 9.22. The Labute approximate surface area is 116 Å². The van der Waals surface area contributed by atoms with Crippen LogP contribution in [0.3, 0.4) is 0 Å². The zero-order valence-corrected chi connectivity index (χ0v) is 12.4. The second kappa shape index (κ2) is 7.04. The van der Waals surface area contributed by atoms with Crippen LogP contribution in [0.2, 0.25) is 0 Å². The van der Waals surface area contributed by atoms with E-state index in [0.29, 0.717) is 12.6 Å². The maximum atomic E-state index is 5.24. The van der Waals surface area contributed by atoms with Gasteiger partial charge in [0.15, 0.2) is 0 Å². The van der Waals surface area contributed by atoms with Gasteiger partial charge in [0, 0.05) is 32.3 Å². The van der Waals surface area contributed by atoms with E-state index < -0.39 is 0 Å². The zero-order chi connectivity index (χ0) is 13.7. The van der Waals surface area contributed by atoms with Gasteiger partial charge >= 0.3 is 0 Å². The number of ether oxygens (including phenoxy) is 1. The van der Waals surface area contributed by atoms with Gasteiger partial charge in [0.2, 0.25) is 0 Å². The molecule has 1 fully saturated rings. The summed E-state index contributed by atoms with van der Waals surface area (Å²) in [6.07, 6.45) is 2.75. The summed E-state index contributed by atoms with van der Waals surface area (Å²) < 4.78 is 5.24. The molecule has 1 atom stereocenters. The second-order valence-corrected chi connectivity index (χ2v) is 5.58. The molecule has 0 saturated heterocycles. The van der Waals surface area contributed by atoms with Gasteiger partial charge in [-0.3, -0.25) is 4.90 Å². The standard InChI is InChI=1S/C16H26N2O/c1-13(18(2)16-8-9-16)10-17-11-14-6-4-5-7-15(14)12-19-3/h4-7,13,16-17H,8-12H2,1-3H3. The summed E-state index contributed by atoms with van der Waals surface area (Å²) in [6.45, 7) is 4.94. The van der Waals surface area contributed by atoms with Crippen molar-refractivity contribution in [1.29, 1.82) is 0 Å². The SMILES string of the molecule is COCc1ccccc1CNCC(C)N(C)C1CC1. The molecule has 1 saturated carbocycles. The quantitative estimate of drug-likeness (QED) is 0.778. The van der Waals surface area contributed by atoms with Crippen molar-refractivity contribution in [3.05, 3.63) is 35.4 Å². The summed E-state index contributed by atoms with van der Waals surface area (Å²) in [5, 5.41) is 3.57. The van der Waals surface area contributed by atoms with Crippen LogP contribution in [0.25, 0.3) is 0 Å². The van der Waals surface area contributed by atoms with Gasteiger partial charge in [0.1, 0.15) is 0 Å². The third-order valence-corrected chi connectivity index (χ3v) is 3.99. The predicted octanol–water partition coefficient (Wildman–Crippen LogP) is 2.41. The van der Waals surface area contributed by atoms with Crippen molar-refractivity contribution < 1.29 is 4.74 Å². The smallest absolute Gasteiger partial charge is 0.0716 e. The van der Waals surface area contributed by atoms with Crippen molar-refractivity contribution in [2.24, 2.45) is 0 Å². The van der Waals surface area contributed by atoms with Crippen LogP contribution in [0.15, 0.2) is 24.3 Å². The van der Waals surface area contributed by atoms with Crippen molar-refractivity contribution in [3.63, 3.8) is 0 Å². The molecule has 1 aromatic carbocycles. The van der Waals surface area contributed by atoms with Gasteiger partial charge in [-0.05, 0) is 37.9 Å². The Morgan fingerprint density at radius 3 is 2.63 bits per heavy atom. The fourth-order valence-electron chi connectivity index (χ4n) is 2.43. The van der Waals surface area contributed by atoms with Crippen LogP contribution in [0.5, 0.6) is 0 Å². The van der Waals surface area contributed by atoms with Gasteiger partial charge < -0.3 is 10.1 Å². The van der Waals surface area contributed by atoms with Crippen LogP contribution in [-0.2, 0) is 17.9 Å². The summed E-state index contributed by atoms with van der Waals surface area (Å²) >= 11 is 0. The van der Waals surface area contributed by atoms with E-state index in [2.05, 4.69) is 48.5 Å². The molecule has 19 heavy (non-hydrogen) atoms. The van der Waals surface area contributed by atoms with Crippen LogP contribution in [0.4, 0.5) is 0 Å². The zero-order valence-electron chi connectivity index (χ0n) is 12.4. The van der Waals surface area contributed by atoms with Crippen LogP contribution in [0.1, 0.15) is 30.9 Å². The number of hydrogen-bond acceptors (Lipinski definition) is 3. The Balaban J connectivity index is 1.78. The molecule has 0 bridgehead atoms. The Bertz CT molecular complexity index is 390. The van der Waals surface area contributed by atoms with E-state index in [1.165, 1.54) is 24.0 Å². The minimum atomic E-state index is 0.599. The second-order valence-electron chi connectivity index (χ2n) is 5.58. The summed E-state index contributed by atoms with van der Waals surface area (Å²) in [5.74, 6) is 0. The highest BCUT2D eigenvalue weighted by atomic mass is 16.5. The van der Waals surface area contributed by atoms with Crippen molar-refractivity contribution in [1.82, 2.24) is 10.2 Å². The minimum Gasteiger partial charge on any atom is -0.380 e. The van der Waals surface area contributed by atoms with Crippen LogP contribution < -0.4 is 5.32 Å². The molecule has 3 heteroatoms. The van der Waals surface area contributed by atoms with Gasteiger partial charge in [-0.25, -0.2) is 0 Å². The van der Waals surface area contributed by atoms with E-state index in [0.717, 1.165) is 19.1 Å². The van der Waals surface area contributed by atoms with E-state index in [4.69, 9.17) is 4.74 Å². The first kappa shape index (κ1) is 14.5. The molecular weight excluding hydrogens is 236 g/mol. The molecule has 0 radical (unpaired) electrons. The van der Waals surface area contributed by atoms with E-state index >= 15 is 0 Å². The third kappa shape index (κ3) is 4.30. The number of methoxy groups -OCH3 is 1. The number of nitrogens with one attached hydrogen (secondary N) is 1. The number of benzene rings is 1. The number of rotatable bonds is 8. The van der Waals surface area contributed by atoms with E-state index in [9.17, 15) is 0 Å². The average molecular weight is 262 g/mol. The number of nitrogens with zero attached hydrogens (tertiary/aromatic N) is 1. The molecule has 1 aliphatic rings. The van der Waals surface area contributed by atoms with Gasteiger partial charge in [0.25, 0.3) is 0 Å². The van der Waals surface area contributed by atoms with Gasteiger partial charge in [-0.15, -0.1) is 0 Å². The lowest BCUT2D eigenvalue weighted by Crippen LogP contribution is -2.39. The Morgan fingerprint density at radius 2 is 2.00 bits per heavy atom. The molecule has 1 unspecified atom stereocenters. The first-order valence-corrected chi connectivity index (χ1v) is 7.20. The van der Waals surface area contributed by atoms with Crippen molar-refractivity contribution in [3.8, 4) is 0 Å². The van der Waals surface area contributed by atoms with Gasteiger partial charge in [-0.1, -0.05) is 24.3 Å². The molecule has 0 heterocycles. The molecule has 3 nitrogen and oxygen atoms in total. The molecule has 0 aliphatic heterocycles. The van der Waals surface area contributed by atoms with Gasteiger partial charge in [-0.2, -0.15) is 0 Å². The Morgan fingerprint density at radius 1 is 1.32 bits per heavy atom. The Kier molecular flexibility index (Phi) is 5.37. The highest BCUT2D eigenvalue weighted by Gasteiger charge is 2.28. The fourth-order valence-corrected chi connectivity index (χ4v) is 2.43. The van der Waals surface area contributed by atoms with Crippen molar-refractivity contribution in [2.75, 3.05) is 20.7 Å². The van der Waals surface area contributed by atoms with E-state index in [1.54, 1.807) is 7.11 Å². The van der Waals surface area contributed by atoms with Crippen molar-refractivity contribution >= 4 is 0 Å². The lowest BCUT2D eigenvalue weighted by atomic mass is 10.1. The van der Waals surface area contributed by atoms with Crippen LogP contribution in [-0.4, -0.2) is 37.7 Å².